The molecule has 4 amide bonds. The molecule has 4 N–H and O–H groups in total. The smallest absolute Gasteiger partial charge is 0.405 e. The van der Waals surface area contributed by atoms with E-state index in [2.05, 4.69) is 16.0 Å². The third kappa shape index (κ3) is 11.8. The minimum atomic E-state index is -5.05. The standard InChI is InChI=1S/C34H32Cl3F5N4O6/c1-17(2)26(28(47)34(41,42)32(51)43-16-33(38,39)40)45-31(50)27(19-7-9-24(52-3)10-8-19)46-30(49)25(12-18-5-4-6-21(35)11-18)44-29(48)20-13-22(36)15-23(37)14-20/h4-11,13-15,17,25-27H,12,16H2,1-3H3,(H,43,51)(H,44,48)(H,45,50)(H,46,49)/t25-,26-,27-/m0/s1. The fraction of sp³-hybridized carbons (Fsp3) is 0.324. The number of ether oxygens (including phenoxy) is 1. The Morgan fingerprint density at radius 1 is 0.769 bits per heavy atom. The van der Waals surface area contributed by atoms with Gasteiger partial charge in [-0.3, -0.25) is 24.0 Å². The van der Waals surface area contributed by atoms with Crippen molar-refractivity contribution in [3.05, 3.63) is 98.5 Å². The highest BCUT2D eigenvalue weighted by molar-refractivity contribution is 6.35. The highest BCUT2D eigenvalue weighted by atomic mass is 35.5. The Hall–Kier alpha value is -4.47. The van der Waals surface area contributed by atoms with Crippen molar-refractivity contribution in [2.24, 2.45) is 5.92 Å². The molecule has 0 aliphatic rings. The third-order valence-electron chi connectivity index (χ3n) is 7.36. The fourth-order valence-corrected chi connectivity index (χ4v) is 5.48. The van der Waals surface area contributed by atoms with E-state index >= 15 is 0 Å². The summed E-state index contributed by atoms with van der Waals surface area (Å²) in [6, 6.07) is 10.6. The number of nitrogens with one attached hydrogen (secondary N) is 4. The third-order valence-corrected chi connectivity index (χ3v) is 8.04. The van der Waals surface area contributed by atoms with Crippen LogP contribution in [0.2, 0.25) is 15.1 Å². The van der Waals surface area contributed by atoms with Gasteiger partial charge in [0.1, 0.15) is 24.4 Å². The average Bonchev–Trinajstić information content (AvgIpc) is 3.06. The van der Waals surface area contributed by atoms with E-state index in [0.717, 1.165) is 5.32 Å². The van der Waals surface area contributed by atoms with Gasteiger partial charge >= 0.3 is 12.1 Å². The van der Waals surface area contributed by atoms with Gasteiger partial charge in [0.15, 0.2) is 0 Å². The minimum Gasteiger partial charge on any atom is -0.497 e. The lowest BCUT2D eigenvalue weighted by molar-refractivity contribution is -0.165. The molecule has 3 aromatic carbocycles. The summed E-state index contributed by atoms with van der Waals surface area (Å²) in [5.74, 6) is -13.4. The highest BCUT2D eigenvalue weighted by Gasteiger charge is 2.52. The first-order valence-corrected chi connectivity index (χ1v) is 16.4. The molecule has 0 saturated carbocycles. The van der Waals surface area contributed by atoms with E-state index in [-0.39, 0.29) is 27.6 Å². The Morgan fingerprint density at radius 2 is 1.38 bits per heavy atom. The molecule has 0 unspecified atom stereocenters. The topological polar surface area (TPSA) is 143 Å². The molecule has 3 rings (SSSR count). The Labute approximate surface area is 309 Å². The molecule has 0 heterocycles. The number of hydrogen-bond acceptors (Lipinski definition) is 6. The summed E-state index contributed by atoms with van der Waals surface area (Å²) in [7, 11) is 1.36. The van der Waals surface area contributed by atoms with Gasteiger partial charge < -0.3 is 26.0 Å². The number of alkyl halides is 5. The number of ketones is 1. The second-order valence-corrected chi connectivity index (χ2v) is 13.0. The molecule has 0 aliphatic heterocycles. The number of halogens is 8. The molecule has 0 fully saturated rings. The monoisotopic (exact) mass is 792 g/mol. The molecule has 0 bridgehead atoms. The van der Waals surface area contributed by atoms with Gasteiger partial charge in [-0.15, -0.1) is 0 Å². The summed E-state index contributed by atoms with van der Waals surface area (Å²) in [5.41, 5.74) is 0.536. The van der Waals surface area contributed by atoms with Crippen LogP contribution in [-0.2, 0) is 25.6 Å². The number of hydrogen-bond donors (Lipinski definition) is 4. The van der Waals surface area contributed by atoms with Gasteiger partial charge in [-0.25, -0.2) is 0 Å². The largest absolute Gasteiger partial charge is 0.497 e. The van der Waals surface area contributed by atoms with E-state index in [0.29, 0.717) is 16.3 Å². The molecule has 0 spiro atoms. The Balaban J connectivity index is 1.98. The number of benzene rings is 3. The first-order chi connectivity index (χ1) is 24.2. The summed E-state index contributed by atoms with van der Waals surface area (Å²) in [6.45, 7) is 0.356. The molecule has 52 heavy (non-hydrogen) atoms. The minimum absolute atomic E-state index is 0.00988. The quantitative estimate of drug-likeness (QED) is 0.112. The van der Waals surface area contributed by atoms with Gasteiger partial charge in [-0.05, 0) is 59.5 Å². The molecule has 0 saturated heterocycles. The predicted octanol–water partition coefficient (Wildman–Crippen LogP) is 5.88. The van der Waals surface area contributed by atoms with Crippen LogP contribution in [0, 0.1) is 5.92 Å². The van der Waals surface area contributed by atoms with Crippen molar-refractivity contribution >= 4 is 64.2 Å². The fourth-order valence-electron chi connectivity index (χ4n) is 4.75. The van der Waals surface area contributed by atoms with Gasteiger partial charge in [-0.2, -0.15) is 22.0 Å². The molecular formula is C34H32Cl3F5N4O6. The lowest BCUT2D eigenvalue weighted by Gasteiger charge is -2.28. The van der Waals surface area contributed by atoms with Crippen LogP contribution in [0.25, 0.3) is 0 Å². The van der Waals surface area contributed by atoms with Crippen molar-refractivity contribution in [1.29, 1.82) is 0 Å². The molecule has 10 nitrogen and oxygen atoms in total. The van der Waals surface area contributed by atoms with Crippen LogP contribution in [-0.4, -0.2) is 67.2 Å². The number of carbonyl (C=O) groups is 5. The summed E-state index contributed by atoms with van der Waals surface area (Å²) >= 11 is 18.2. The van der Waals surface area contributed by atoms with Crippen LogP contribution >= 0.6 is 34.8 Å². The van der Waals surface area contributed by atoms with Crippen molar-refractivity contribution in [2.75, 3.05) is 13.7 Å². The van der Waals surface area contributed by atoms with Crippen molar-refractivity contribution in [2.45, 2.75) is 50.5 Å². The van der Waals surface area contributed by atoms with Crippen LogP contribution < -0.4 is 26.0 Å². The molecule has 0 aromatic heterocycles. The highest BCUT2D eigenvalue weighted by Crippen LogP contribution is 2.25. The molecule has 280 valence electrons. The zero-order valence-corrected chi connectivity index (χ0v) is 29.8. The zero-order valence-electron chi connectivity index (χ0n) is 27.5. The first kappa shape index (κ1) is 41.9. The maximum Gasteiger partial charge on any atom is 0.405 e. The molecule has 3 aromatic rings. The maximum absolute atomic E-state index is 14.9. The SMILES string of the molecule is COc1ccc([C@H](NC(=O)[C@H](Cc2cccc(Cl)c2)NC(=O)c2cc(Cl)cc(Cl)c2)C(=O)N[C@H](C(=O)C(F)(F)C(=O)NCC(F)(F)F)C(C)C)cc1. The number of methoxy groups -OCH3 is 1. The van der Waals surface area contributed by atoms with Gasteiger partial charge in [0, 0.05) is 27.1 Å². The van der Waals surface area contributed by atoms with E-state index < -0.39 is 72.1 Å². The van der Waals surface area contributed by atoms with Crippen LogP contribution in [0.15, 0.2) is 66.7 Å². The second kappa shape index (κ2) is 17.8. The van der Waals surface area contributed by atoms with Crippen LogP contribution in [0.5, 0.6) is 5.75 Å². The summed E-state index contributed by atoms with van der Waals surface area (Å²) in [5, 5.41) is 8.68. The van der Waals surface area contributed by atoms with Crippen molar-refractivity contribution in [3.8, 4) is 5.75 Å². The first-order valence-electron chi connectivity index (χ1n) is 15.2. The Morgan fingerprint density at radius 3 is 1.92 bits per heavy atom. The summed E-state index contributed by atoms with van der Waals surface area (Å²) in [4.78, 5) is 66.0. The lowest BCUT2D eigenvalue weighted by atomic mass is 9.94. The number of carbonyl (C=O) groups excluding carboxylic acids is 5. The lowest BCUT2D eigenvalue weighted by Crippen LogP contribution is -2.58. The molecular weight excluding hydrogens is 762 g/mol. The maximum atomic E-state index is 14.9. The number of rotatable bonds is 15. The molecule has 0 aliphatic carbocycles. The van der Waals surface area contributed by atoms with E-state index in [4.69, 9.17) is 39.5 Å². The normalized spacial score (nSPS) is 13.4. The molecule has 18 heteroatoms. The van der Waals surface area contributed by atoms with E-state index in [1.807, 2.05) is 0 Å². The van der Waals surface area contributed by atoms with Gasteiger partial charge in [0.25, 0.3) is 11.8 Å². The number of Topliss-reactive ketones (excluding diaryl/α,β-unsaturated/α-hetero) is 1. The number of amides is 4. The Kier molecular flexibility index (Phi) is 14.4. The summed E-state index contributed by atoms with van der Waals surface area (Å²) in [6.07, 6.45) is -5.22. The van der Waals surface area contributed by atoms with Crippen LogP contribution in [0.1, 0.15) is 41.4 Å². The van der Waals surface area contributed by atoms with E-state index in [1.54, 1.807) is 18.2 Å². The van der Waals surface area contributed by atoms with Crippen molar-refractivity contribution in [3.63, 3.8) is 0 Å². The van der Waals surface area contributed by atoms with Crippen molar-refractivity contribution in [1.82, 2.24) is 21.3 Å². The van der Waals surface area contributed by atoms with E-state index in [1.165, 1.54) is 69.5 Å². The van der Waals surface area contributed by atoms with Crippen molar-refractivity contribution < 1.29 is 50.7 Å². The van der Waals surface area contributed by atoms with Gasteiger partial charge in [-0.1, -0.05) is 72.9 Å². The van der Waals surface area contributed by atoms with Crippen LogP contribution in [0.4, 0.5) is 22.0 Å². The second-order valence-electron chi connectivity index (χ2n) is 11.7. The summed E-state index contributed by atoms with van der Waals surface area (Å²) < 4.78 is 72.6. The van der Waals surface area contributed by atoms with Crippen LogP contribution in [0.3, 0.4) is 0 Å². The van der Waals surface area contributed by atoms with Gasteiger partial charge in [0.2, 0.25) is 17.6 Å². The van der Waals surface area contributed by atoms with Gasteiger partial charge in [0.05, 0.1) is 13.2 Å². The average molecular weight is 794 g/mol. The van der Waals surface area contributed by atoms with E-state index in [9.17, 15) is 45.9 Å². The molecule has 3 atom stereocenters. The Bertz CT molecular complexity index is 1770. The molecule has 0 radical (unpaired) electrons. The zero-order chi connectivity index (χ0) is 39.0. The predicted molar refractivity (Wildman–Crippen MR) is 183 cm³/mol.